The summed E-state index contributed by atoms with van der Waals surface area (Å²) in [6.45, 7) is 8.44. The fourth-order valence-corrected chi connectivity index (χ4v) is 2.53. The maximum atomic E-state index is 5.91. The molecule has 4 nitrogen and oxygen atoms in total. The number of pyridine rings is 1. The molecule has 0 fully saturated rings. The maximum Gasteiger partial charge on any atom is 0.183 e. The van der Waals surface area contributed by atoms with E-state index in [4.69, 9.17) is 16.6 Å². The van der Waals surface area contributed by atoms with Gasteiger partial charge in [-0.05, 0) is 42.8 Å². The fourth-order valence-electron chi connectivity index (χ4n) is 2.40. The third-order valence-electron chi connectivity index (χ3n) is 3.62. The van der Waals surface area contributed by atoms with Gasteiger partial charge >= 0.3 is 0 Å². The zero-order chi connectivity index (χ0) is 16.6. The predicted octanol–water partition coefficient (Wildman–Crippen LogP) is 6.01. The minimum absolute atomic E-state index is 0.118. The summed E-state index contributed by atoms with van der Waals surface area (Å²) in [5.41, 5.74) is 3.61. The van der Waals surface area contributed by atoms with E-state index in [1.54, 1.807) is 12.1 Å². The fraction of sp³-hybridized carbons (Fsp3) is 0.278. The Morgan fingerprint density at radius 2 is 1.74 bits per heavy atom. The first-order valence-electron chi connectivity index (χ1n) is 7.52. The Morgan fingerprint density at radius 1 is 1.04 bits per heavy atom. The van der Waals surface area contributed by atoms with Gasteiger partial charge in [0, 0.05) is 16.6 Å². The van der Waals surface area contributed by atoms with E-state index in [-0.39, 0.29) is 5.41 Å². The molecule has 2 heterocycles. The zero-order valence-corrected chi connectivity index (χ0v) is 14.5. The SMILES string of the molecule is Cc1cccn2c(N=Nc3ccc(Cl)cc3)c(C(C)(C)C)nc12. The van der Waals surface area contributed by atoms with E-state index in [1.165, 1.54) is 0 Å². The Morgan fingerprint density at radius 3 is 2.39 bits per heavy atom. The summed E-state index contributed by atoms with van der Waals surface area (Å²) >= 11 is 5.91. The van der Waals surface area contributed by atoms with Crippen LogP contribution in [-0.2, 0) is 5.41 Å². The minimum Gasteiger partial charge on any atom is -0.283 e. The van der Waals surface area contributed by atoms with Crippen LogP contribution in [0.4, 0.5) is 11.5 Å². The molecule has 118 valence electrons. The molecule has 3 aromatic rings. The van der Waals surface area contributed by atoms with Crippen molar-refractivity contribution in [2.24, 2.45) is 10.2 Å². The average molecular weight is 327 g/mol. The second kappa shape index (κ2) is 5.78. The molecule has 0 radical (unpaired) electrons. The lowest BCUT2D eigenvalue weighted by Gasteiger charge is -2.15. The smallest absolute Gasteiger partial charge is 0.183 e. The number of aryl methyl sites for hydroxylation is 1. The number of halogens is 1. The third-order valence-corrected chi connectivity index (χ3v) is 3.87. The maximum absolute atomic E-state index is 5.91. The largest absolute Gasteiger partial charge is 0.283 e. The van der Waals surface area contributed by atoms with Crippen LogP contribution in [0.5, 0.6) is 0 Å². The highest BCUT2D eigenvalue weighted by Crippen LogP contribution is 2.33. The zero-order valence-electron chi connectivity index (χ0n) is 13.7. The predicted molar refractivity (Wildman–Crippen MR) is 94.3 cm³/mol. The van der Waals surface area contributed by atoms with Crippen molar-refractivity contribution in [3.8, 4) is 0 Å². The van der Waals surface area contributed by atoms with Crippen LogP contribution in [0.25, 0.3) is 5.65 Å². The molecule has 0 saturated heterocycles. The molecule has 0 N–H and O–H groups in total. The number of fused-ring (bicyclic) bond motifs is 1. The third kappa shape index (κ3) is 3.13. The first kappa shape index (κ1) is 15.7. The van der Waals surface area contributed by atoms with Gasteiger partial charge in [0.1, 0.15) is 5.65 Å². The highest BCUT2D eigenvalue weighted by molar-refractivity contribution is 6.30. The minimum atomic E-state index is -0.118. The van der Waals surface area contributed by atoms with Gasteiger partial charge in [-0.25, -0.2) is 4.98 Å². The second-order valence-electron chi connectivity index (χ2n) is 6.60. The second-order valence-corrected chi connectivity index (χ2v) is 7.03. The van der Waals surface area contributed by atoms with Crippen LogP contribution in [0.3, 0.4) is 0 Å². The summed E-state index contributed by atoms with van der Waals surface area (Å²) < 4.78 is 2.00. The van der Waals surface area contributed by atoms with Crippen molar-refractivity contribution in [1.82, 2.24) is 9.38 Å². The molecule has 2 aromatic heterocycles. The highest BCUT2D eigenvalue weighted by Gasteiger charge is 2.24. The van der Waals surface area contributed by atoms with E-state index in [2.05, 4.69) is 44.0 Å². The van der Waals surface area contributed by atoms with Gasteiger partial charge < -0.3 is 0 Å². The van der Waals surface area contributed by atoms with Gasteiger partial charge in [-0.3, -0.25) is 4.40 Å². The van der Waals surface area contributed by atoms with E-state index in [1.807, 2.05) is 28.8 Å². The van der Waals surface area contributed by atoms with Crippen molar-refractivity contribution in [1.29, 1.82) is 0 Å². The Labute approximate surface area is 140 Å². The molecule has 0 saturated carbocycles. The lowest BCUT2D eigenvalue weighted by Crippen LogP contribution is -2.11. The molecule has 3 rings (SSSR count). The number of rotatable bonds is 2. The van der Waals surface area contributed by atoms with Crippen molar-refractivity contribution in [2.45, 2.75) is 33.1 Å². The number of benzene rings is 1. The molecular formula is C18H19ClN4. The van der Waals surface area contributed by atoms with E-state index in [0.717, 1.165) is 28.4 Å². The molecule has 0 aliphatic heterocycles. The first-order chi connectivity index (χ1) is 10.9. The van der Waals surface area contributed by atoms with Gasteiger partial charge in [-0.1, -0.05) is 38.4 Å². The van der Waals surface area contributed by atoms with Crippen LogP contribution < -0.4 is 0 Å². The van der Waals surface area contributed by atoms with Gasteiger partial charge in [0.15, 0.2) is 5.82 Å². The van der Waals surface area contributed by atoms with Crippen molar-refractivity contribution in [3.05, 3.63) is 58.9 Å². The number of imidazole rings is 1. The van der Waals surface area contributed by atoms with Crippen molar-refractivity contribution in [3.63, 3.8) is 0 Å². The first-order valence-corrected chi connectivity index (χ1v) is 7.89. The number of azo groups is 1. The van der Waals surface area contributed by atoms with Crippen LogP contribution in [-0.4, -0.2) is 9.38 Å². The summed E-state index contributed by atoms with van der Waals surface area (Å²) in [5, 5.41) is 9.52. The molecule has 0 aliphatic carbocycles. The van der Waals surface area contributed by atoms with Crippen LogP contribution >= 0.6 is 11.6 Å². The van der Waals surface area contributed by atoms with Gasteiger partial charge in [0.2, 0.25) is 0 Å². The molecule has 0 bridgehead atoms. The summed E-state index contributed by atoms with van der Waals surface area (Å²) in [5.74, 6) is 0.770. The van der Waals surface area contributed by atoms with E-state index in [9.17, 15) is 0 Å². The van der Waals surface area contributed by atoms with Crippen molar-refractivity contribution < 1.29 is 0 Å². The van der Waals surface area contributed by atoms with Crippen LogP contribution in [0, 0.1) is 6.92 Å². The molecule has 5 heteroatoms. The van der Waals surface area contributed by atoms with E-state index < -0.39 is 0 Å². The van der Waals surface area contributed by atoms with Gasteiger partial charge in [-0.15, -0.1) is 10.2 Å². The molecule has 0 unspecified atom stereocenters. The highest BCUT2D eigenvalue weighted by atomic mass is 35.5. The standard InChI is InChI=1S/C18H19ClN4/c1-12-6-5-11-23-16(12)20-15(18(2,3)4)17(23)22-21-14-9-7-13(19)8-10-14/h5-11H,1-4H3. The Kier molecular flexibility index (Phi) is 3.94. The number of aromatic nitrogens is 2. The van der Waals surface area contributed by atoms with Crippen LogP contribution in [0.15, 0.2) is 52.8 Å². The monoisotopic (exact) mass is 326 g/mol. The summed E-state index contributed by atoms with van der Waals surface area (Å²) in [7, 11) is 0. The molecule has 0 atom stereocenters. The Balaban J connectivity index is 2.15. The normalized spacial score (nSPS) is 12.4. The van der Waals surface area contributed by atoms with Gasteiger partial charge in [-0.2, -0.15) is 0 Å². The Bertz CT molecular complexity index is 870. The number of nitrogens with zero attached hydrogens (tertiary/aromatic N) is 4. The van der Waals surface area contributed by atoms with Crippen molar-refractivity contribution in [2.75, 3.05) is 0 Å². The lowest BCUT2D eigenvalue weighted by molar-refractivity contribution is 0.573. The van der Waals surface area contributed by atoms with Crippen LogP contribution in [0.1, 0.15) is 32.0 Å². The lowest BCUT2D eigenvalue weighted by atomic mass is 9.92. The van der Waals surface area contributed by atoms with Gasteiger partial charge in [0.25, 0.3) is 0 Å². The van der Waals surface area contributed by atoms with E-state index >= 15 is 0 Å². The summed E-state index contributed by atoms with van der Waals surface area (Å²) in [6.07, 6.45) is 1.97. The molecular weight excluding hydrogens is 308 g/mol. The van der Waals surface area contributed by atoms with E-state index in [0.29, 0.717) is 5.02 Å². The molecule has 0 spiro atoms. The molecule has 0 amide bonds. The Hall–Kier alpha value is -2.20. The van der Waals surface area contributed by atoms with Gasteiger partial charge in [0.05, 0.1) is 11.4 Å². The molecule has 1 aromatic carbocycles. The summed E-state index contributed by atoms with van der Waals surface area (Å²) in [6, 6.07) is 11.3. The topological polar surface area (TPSA) is 42.0 Å². The molecule has 23 heavy (non-hydrogen) atoms. The van der Waals surface area contributed by atoms with Crippen molar-refractivity contribution >= 4 is 28.8 Å². The molecule has 0 aliphatic rings. The number of hydrogen-bond donors (Lipinski definition) is 0. The van der Waals surface area contributed by atoms with Crippen LogP contribution in [0.2, 0.25) is 5.02 Å². The quantitative estimate of drug-likeness (QED) is 0.532. The summed E-state index contributed by atoms with van der Waals surface area (Å²) in [4.78, 5) is 4.80. The average Bonchev–Trinajstić information content (AvgIpc) is 2.87. The number of hydrogen-bond acceptors (Lipinski definition) is 3.